The molecule has 0 atom stereocenters. The summed E-state index contributed by atoms with van der Waals surface area (Å²) in [7, 11) is 0. The SMILES string of the molecule is CCNC(=O)N1CCC(n2cnc3cnccc3c2=O)CC1. The largest absolute Gasteiger partial charge is 0.338 e. The monoisotopic (exact) mass is 301 g/mol. The molecule has 2 aromatic heterocycles. The number of aromatic nitrogens is 3. The Labute approximate surface area is 128 Å². The third-order valence-corrected chi connectivity index (χ3v) is 4.06. The Bertz CT molecular complexity index is 734. The summed E-state index contributed by atoms with van der Waals surface area (Å²) in [4.78, 5) is 34.4. The second kappa shape index (κ2) is 6.13. The summed E-state index contributed by atoms with van der Waals surface area (Å²) in [6, 6.07) is 1.75. The molecule has 2 aromatic rings. The zero-order valence-electron chi connectivity index (χ0n) is 12.5. The van der Waals surface area contributed by atoms with Crippen LogP contribution in [-0.2, 0) is 0 Å². The van der Waals surface area contributed by atoms with Crippen LogP contribution in [0.5, 0.6) is 0 Å². The molecule has 1 N–H and O–H groups in total. The number of nitrogens with one attached hydrogen (secondary N) is 1. The standard InChI is InChI=1S/C15H19N5O2/c1-2-17-15(22)19-7-4-11(5-8-19)20-10-18-13-9-16-6-3-12(13)14(20)21/h3,6,9-11H,2,4-5,7-8H2,1H3,(H,17,22). The molecular weight excluding hydrogens is 282 g/mol. The lowest BCUT2D eigenvalue weighted by molar-refractivity contribution is 0.171. The van der Waals surface area contributed by atoms with Crippen LogP contribution < -0.4 is 10.9 Å². The van der Waals surface area contributed by atoms with E-state index in [1.807, 2.05) is 6.92 Å². The van der Waals surface area contributed by atoms with Gasteiger partial charge >= 0.3 is 6.03 Å². The highest BCUT2D eigenvalue weighted by Crippen LogP contribution is 2.21. The topological polar surface area (TPSA) is 80.1 Å². The van der Waals surface area contributed by atoms with Gasteiger partial charge in [-0.1, -0.05) is 0 Å². The van der Waals surface area contributed by atoms with Crippen LogP contribution in [0.4, 0.5) is 4.79 Å². The zero-order valence-corrected chi connectivity index (χ0v) is 12.5. The van der Waals surface area contributed by atoms with Gasteiger partial charge in [0, 0.05) is 31.9 Å². The van der Waals surface area contributed by atoms with Crippen molar-refractivity contribution in [1.82, 2.24) is 24.8 Å². The molecule has 0 saturated carbocycles. The van der Waals surface area contributed by atoms with E-state index in [4.69, 9.17) is 0 Å². The number of piperidine rings is 1. The van der Waals surface area contributed by atoms with Crippen molar-refractivity contribution in [2.24, 2.45) is 0 Å². The number of hydrogen-bond donors (Lipinski definition) is 1. The van der Waals surface area contributed by atoms with Crippen LogP contribution in [0, 0.1) is 0 Å². The lowest BCUT2D eigenvalue weighted by atomic mass is 10.0. The van der Waals surface area contributed by atoms with Gasteiger partial charge in [0.15, 0.2) is 0 Å². The van der Waals surface area contributed by atoms with Crippen LogP contribution in [-0.4, -0.2) is 45.1 Å². The minimum absolute atomic E-state index is 0.0315. The summed E-state index contributed by atoms with van der Waals surface area (Å²) < 4.78 is 1.69. The quantitative estimate of drug-likeness (QED) is 0.902. The molecule has 0 unspecified atom stereocenters. The van der Waals surface area contributed by atoms with Gasteiger partial charge in [0.1, 0.15) is 0 Å². The first-order valence-corrected chi connectivity index (χ1v) is 7.54. The number of hydrogen-bond acceptors (Lipinski definition) is 4. The molecule has 1 fully saturated rings. The van der Waals surface area contributed by atoms with E-state index in [-0.39, 0.29) is 17.6 Å². The molecular formula is C15H19N5O2. The van der Waals surface area contributed by atoms with E-state index in [2.05, 4.69) is 15.3 Å². The fourth-order valence-corrected chi connectivity index (χ4v) is 2.86. The molecule has 1 aliphatic rings. The minimum atomic E-state index is -0.0381. The van der Waals surface area contributed by atoms with Crippen molar-refractivity contribution < 1.29 is 4.79 Å². The Kier molecular flexibility index (Phi) is 4.04. The van der Waals surface area contributed by atoms with Crippen LogP contribution in [0.3, 0.4) is 0 Å². The fourth-order valence-electron chi connectivity index (χ4n) is 2.86. The van der Waals surface area contributed by atoms with Crippen LogP contribution in [0.25, 0.3) is 10.9 Å². The molecule has 7 nitrogen and oxygen atoms in total. The van der Waals surface area contributed by atoms with Gasteiger partial charge in [0.2, 0.25) is 0 Å². The van der Waals surface area contributed by atoms with E-state index in [1.54, 1.807) is 34.3 Å². The number of carbonyl (C=O) groups excluding carboxylic acids is 1. The average Bonchev–Trinajstić information content (AvgIpc) is 2.56. The molecule has 0 aliphatic carbocycles. The minimum Gasteiger partial charge on any atom is -0.338 e. The lowest BCUT2D eigenvalue weighted by Crippen LogP contribution is -2.45. The van der Waals surface area contributed by atoms with E-state index in [0.29, 0.717) is 30.5 Å². The predicted molar refractivity (Wildman–Crippen MR) is 82.7 cm³/mol. The normalized spacial score (nSPS) is 16.0. The van der Waals surface area contributed by atoms with E-state index in [9.17, 15) is 9.59 Å². The molecule has 0 aromatic carbocycles. The summed E-state index contributed by atoms with van der Waals surface area (Å²) in [6.45, 7) is 3.83. The second-order valence-electron chi connectivity index (χ2n) is 5.40. The van der Waals surface area contributed by atoms with Gasteiger partial charge in [-0.2, -0.15) is 0 Å². The van der Waals surface area contributed by atoms with Crippen molar-refractivity contribution >= 4 is 16.9 Å². The molecule has 1 aliphatic heterocycles. The van der Waals surface area contributed by atoms with Gasteiger partial charge in [-0.05, 0) is 25.8 Å². The third kappa shape index (κ3) is 2.66. The Morgan fingerprint density at radius 2 is 2.18 bits per heavy atom. The van der Waals surface area contributed by atoms with E-state index in [0.717, 1.165) is 12.8 Å². The van der Waals surface area contributed by atoms with Gasteiger partial charge in [0.05, 0.1) is 23.4 Å². The highest BCUT2D eigenvalue weighted by molar-refractivity contribution is 5.76. The zero-order chi connectivity index (χ0) is 15.5. The molecule has 0 radical (unpaired) electrons. The maximum atomic E-state index is 12.5. The third-order valence-electron chi connectivity index (χ3n) is 4.06. The van der Waals surface area contributed by atoms with E-state index >= 15 is 0 Å². The van der Waals surface area contributed by atoms with Crippen molar-refractivity contribution in [2.45, 2.75) is 25.8 Å². The maximum absolute atomic E-state index is 12.5. The predicted octanol–water partition coefficient (Wildman–Crippen LogP) is 1.16. The van der Waals surface area contributed by atoms with Gasteiger partial charge in [-0.25, -0.2) is 9.78 Å². The number of pyridine rings is 1. The van der Waals surface area contributed by atoms with Crippen LogP contribution in [0.15, 0.2) is 29.6 Å². The van der Waals surface area contributed by atoms with Gasteiger partial charge in [-0.3, -0.25) is 14.3 Å². The average molecular weight is 301 g/mol. The molecule has 1 saturated heterocycles. The summed E-state index contributed by atoms with van der Waals surface area (Å²) in [5.41, 5.74) is 0.576. The smallest absolute Gasteiger partial charge is 0.317 e. The van der Waals surface area contributed by atoms with Crippen molar-refractivity contribution in [3.8, 4) is 0 Å². The van der Waals surface area contributed by atoms with E-state index in [1.165, 1.54) is 0 Å². The molecule has 0 spiro atoms. The number of rotatable bonds is 2. The number of likely N-dealkylation sites (tertiary alicyclic amines) is 1. The number of fused-ring (bicyclic) bond motifs is 1. The van der Waals surface area contributed by atoms with Crippen LogP contribution >= 0.6 is 0 Å². The van der Waals surface area contributed by atoms with Crippen LogP contribution in [0.1, 0.15) is 25.8 Å². The highest BCUT2D eigenvalue weighted by Gasteiger charge is 2.24. The van der Waals surface area contributed by atoms with Crippen molar-refractivity contribution in [2.75, 3.05) is 19.6 Å². The second-order valence-corrected chi connectivity index (χ2v) is 5.40. The summed E-state index contributed by atoms with van der Waals surface area (Å²) in [5, 5.41) is 3.39. The first kappa shape index (κ1) is 14.5. The maximum Gasteiger partial charge on any atom is 0.317 e. The summed E-state index contributed by atoms with van der Waals surface area (Å²) in [5.74, 6) is 0. The summed E-state index contributed by atoms with van der Waals surface area (Å²) >= 11 is 0. The molecule has 2 amide bonds. The molecule has 3 heterocycles. The van der Waals surface area contributed by atoms with Gasteiger partial charge < -0.3 is 10.2 Å². The van der Waals surface area contributed by atoms with Gasteiger partial charge in [0.25, 0.3) is 5.56 Å². The Hall–Kier alpha value is -2.44. The fraction of sp³-hybridized carbons (Fsp3) is 0.467. The van der Waals surface area contributed by atoms with Crippen molar-refractivity contribution in [3.63, 3.8) is 0 Å². The molecule has 3 rings (SSSR count). The van der Waals surface area contributed by atoms with Gasteiger partial charge in [-0.15, -0.1) is 0 Å². The molecule has 116 valence electrons. The summed E-state index contributed by atoms with van der Waals surface area (Å²) in [6.07, 6.45) is 6.32. The number of amides is 2. The van der Waals surface area contributed by atoms with Crippen molar-refractivity contribution in [1.29, 1.82) is 0 Å². The number of carbonyl (C=O) groups is 1. The Morgan fingerprint density at radius 1 is 1.41 bits per heavy atom. The first-order valence-electron chi connectivity index (χ1n) is 7.54. The molecule has 0 bridgehead atoms. The lowest BCUT2D eigenvalue weighted by Gasteiger charge is -2.32. The first-order chi connectivity index (χ1) is 10.7. The molecule has 22 heavy (non-hydrogen) atoms. The van der Waals surface area contributed by atoms with Crippen LogP contribution in [0.2, 0.25) is 0 Å². The Morgan fingerprint density at radius 3 is 2.91 bits per heavy atom. The van der Waals surface area contributed by atoms with E-state index < -0.39 is 0 Å². The molecule has 7 heteroatoms. The number of nitrogens with zero attached hydrogens (tertiary/aromatic N) is 4. The highest BCUT2D eigenvalue weighted by atomic mass is 16.2. The van der Waals surface area contributed by atoms with Crippen molar-refractivity contribution in [3.05, 3.63) is 35.1 Å². The Balaban J connectivity index is 1.78. The number of urea groups is 1.